The van der Waals surface area contributed by atoms with Crippen molar-refractivity contribution < 1.29 is 0 Å². The topological polar surface area (TPSA) is 37.8 Å². The monoisotopic (exact) mass is 273 g/mol. The molecule has 2 aromatic rings. The van der Waals surface area contributed by atoms with Gasteiger partial charge in [0.25, 0.3) is 0 Å². The molecular weight excluding hydrogens is 254 g/mol. The van der Waals surface area contributed by atoms with Crippen LogP contribution in [-0.4, -0.2) is 23.8 Å². The highest BCUT2D eigenvalue weighted by Crippen LogP contribution is 2.37. The first-order valence-electron chi connectivity index (χ1n) is 6.93. The lowest BCUT2D eigenvalue weighted by molar-refractivity contribution is 0.608. The van der Waals surface area contributed by atoms with Crippen molar-refractivity contribution in [3.63, 3.8) is 0 Å². The Labute approximate surface area is 118 Å². The Morgan fingerprint density at radius 1 is 1.32 bits per heavy atom. The number of aryl methyl sites for hydroxylation is 1. The van der Waals surface area contributed by atoms with E-state index in [0.717, 1.165) is 18.0 Å². The van der Waals surface area contributed by atoms with Gasteiger partial charge in [-0.05, 0) is 37.4 Å². The maximum absolute atomic E-state index is 4.43. The van der Waals surface area contributed by atoms with Crippen LogP contribution in [-0.2, 0) is 12.8 Å². The number of hydrogen-bond donors (Lipinski definition) is 1. The van der Waals surface area contributed by atoms with E-state index in [1.165, 1.54) is 35.4 Å². The van der Waals surface area contributed by atoms with Crippen molar-refractivity contribution in [2.45, 2.75) is 31.6 Å². The second-order valence-corrected chi connectivity index (χ2v) is 6.12. The SMILES string of the molecule is CNCCc1nnc(C2CCCc3ccccc32)s1. The van der Waals surface area contributed by atoms with E-state index < -0.39 is 0 Å². The summed E-state index contributed by atoms with van der Waals surface area (Å²) >= 11 is 1.78. The lowest BCUT2D eigenvalue weighted by atomic mass is 9.83. The summed E-state index contributed by atoms with van der Waals surface area (Å²) in [5.41, 5.74) is 2.95. The summed E-state index contributed by atoms with van der Waals surface area (Å²) in [5, 5.41) is 14.3. The van der Waals surface area contributed by atoms with Crippen molar-refractivity contribution in [2.24, 2.45) is 0 Å². The summed E-state index contributed by atoms with van der Waals surface area (Å²) in [6, 6.07) is 8.79. The van der Waals surface area contributed by atoms with E-state index in [1.807, 2.05) is 7.05 Å². The number of nitrogens with zero attached hydrogens (tertiary/aromatic N) is 2. The average molecular weight is 273 g/mol. The van der Waals surface area contributed by atoms with Crippen LogP contribution in [0.3, 0.4) is 0 Å². The van der Waals surface area contributed by atoms with Gasteiger partial charge in [-0.1, -0.05) is 24.3 Å². The van der Waals surface area contributed by atoms with Crippen molar-refractivity contribution in [1.29, 1.82) is 0 Å². The number of benzene rings is 1. The standard InChI is InChI=1S/C15H19N3S/c1-16-10-9-14-17-18-15(19-14)13-8-4-6-11-5-2-3-7-12(11)13/h2-3,5,7,13,16H,4,6,8-10H2,1H3. The molecule has 0 aliphatic heterocycles. The third kappa shape index (κ3) is 2.69. The highest BCUT2D eigenvalue weighted by atomic mass is 32.1. The van der Waals surface area contributed by atoms with Gasteiger partial charge < -0.3 is 5.32 Å². The zero-order chi connectivity index (χ0) is 13.1. The summed E-state index contributed by atoms with van der Waals surface area (Å²) in [6.07, 6.45) is 4.64. The zero-order valence-electron chi connectivity index (χ0n) is 11.2. The van der Waals surface area contributed by atoms with Gasteiger partial charge in [-0.15, -0.1) is 21.5 Å². The highest BCUT2D eigenvalue weighted by Gasteiger charge is 2.24. The van der Waals surface area contributed by atoms with Gasteiger partial charge in [0.05, 0.1) is 0 Å². The summed E-state index contributed by atoms with van der Waals surface area (Å²) in [7, 11) is 1.97. The molecule has 0 spiro atoms. The molecule has 4 heteroatoms. The molecular formula is C15H19N3S. The Hall–Kier alpha value is -1.26. The van der Waals surface area contributed by atoms with Crippen LogP contribution in [0.4, 0.5) is 0 Å². The van der Waals surface area contributed by atoms with Crippen LogP contribution in [0.15, 0.2) is 24.3 Å². The van der Waals surface area contributed by atoms with Gasteiger partial charge in [-0.3, -0.25) is 0 Å². The van der Waals surface area contributed by atoms with E-state index >= 15 is 0 Å². The van der Waals surface area contributed by atoms with Gasteiger partial charge in [0, 0.05) is 18.9 Å². The Bertz CT molecular complexity index is 550. The smallest absolute Gasteiger partial charge is 0.124 e. The molecule has 1 aliphatic carbocycles. The molecule has 1 atom stereocenters. The van der Waals surface area contributed by atoms with Crippen molar-refractivity contribution in [3.05, 3.63) is 45.4 Å². The maximum Gasteiger partial charge on any atom is 0.124 e. The van der Waals surface area contributed by atoms with Crippen LogP contribution in [0.5, 0.6) is 0 Å². The average Bonchev–Trinajstić information content (AvgIpc) is 2.93. The quantitative estimate of drug-likeness (QED) is 0.931. The minimum atomic E-state index is 0.464. The molecule has 1 aromatic heterocycles. The number of rotatable bonds is 4. The molecule has 0 saturated carbocycles. The van der Waals surface area contributed by atoms with Crippen molar-refractivity contribution in [1.82, 2.24) is 15.5 Å². The number of hydrogen-bond acceptors (Lipinski definition) is 4. The Balaban J connectivity index is 1.85. The molecule has 19 heavy (non-hydrogen) atoms. The molecule has 3 nitrogen and oxygen atoms in total. The van der Waals surface area contributed by atoms with Crippen LogP contribution in [0, 0.1) is 0 Å². The predicted molar refractivity (Wildman–Crippen MR) is 78.8 cm³/mol. The fourth-order valence-corrected chi connectivity index (χ4v) is 3.75. The minimum absolute atomic E-state index is 0.464. The molecule has 100 valence electrons. The molecule has 1 aliphatic rings. The van der Waals surface area contributed by atoms with Crippen LogP contribution in [0.25, 0.3) is 0 Å². The van der Waals surface area contributed by atoms with Crippen molar-refractivity contribution >= 4 is 11.3 Å². The first-order chi connectivity index (χ1) is 9.38. The van der Waals surface area contributed by atoms with Crippen LogP contribution >= 0.6 is 11.3 Å². The molecule has 0 fully saturated rings. The number of nitrogens with one attached hydrogen (secondary N) is 1. The second-order valence-electron chi connectivity index (χ2n) is 5.03. The van der Waals surface area contributed by atoms with E-state index in [0.29, 0.717) is 5.92 Å². The number of fused-ring (bicyclic) bond motifs is 1. The summed E-state index contributed by atoms with van der Waals surface area (Å²) < 4.78 is 0. The largest absolute Gasteiger partial charge is 0.319 e. The first-order valence-corrected chi connectivity index (χ1v) is 7.75. The van der Waals surface area contributed by atoms with Gasteiger partial charge in [0.2, 0.25) is 0 Å². The Kier molecular flexibility index (Phi) is 3.89. The van der Waals surface area contributed by atoms with E-state index in [4.69, 9.17) is 0 Å². The summed E-state index contributed by atoms with van der Waals surface area (Å²) in [6.45, 7) is 0.968. The fourth-order valence-electron chi connectivity index (χ4n) is 2.75. The molecule has 1 heterocycles. The number of likely N-dealkylation sites (N-methyl/N-ethyl adjacent to an activating group) is 1. The third-order valence-electron chi connectivity index (χ3n) is 3.74. The van der Waals surface area contributed by atoms with Crippen molar-refractivity contribution in [2.75, 3.05) is 13.6 Å². The zero-order valence-corrected chi connectivity index (χ0v) is 12.0. The summed E-state index contributed by atoms with van der Waals surface area (Å²) in [5.74, 6) is 0.464. The molecule has 1 unspecified atom stereocenters. The molecule has 0 bridgehead atoms. The molecule has 3 rings (SSSR count). The molecule has 0 saturated heterocycles. The predicted octanol–water partition coefficient (Wildman–Crippen LogP) is 2.77. The van der Waals surface area contributed by atoms with Crippen LogP contribution in [0.1, 0.15) is 39.9 Å². The van der Waals surface area contributed by atoms with Crippen LogP contribution < -0.4 is 5.32 Å². The first kappa shape index (κ1) is 12.8. The normalized spacial score (nSPS) is 18.3. The third-order valence-corrected chi connectivity index (χ3v) is 4.84. The lowest BCUT2D eigenvalue weighted by Gasteiger charge is -2.23. The Morgan fingerprint density at radius 2 is 2.21 bits per heavy atom. The molecule has 0 radical (unpaired) electrons. The van der Waals surface area contributed by atoms with E-state index in [2.05, 4.69) is 39.8 Å². The number of aromatic nitrogens is 2. The van der Waals surface area contributed by atoms with Crippen LogP contribution in [0.2, 0.25) is 0 Å². The maximum atomic E-state index is 4.43. The van der Waals surface area contributed by atoms with E-state index in [1.54, 1.807) is 11.3 Å². The van der Waals surface area contributed by atoms with Gasteiger partial charge in [-0.2, -0.15) is 0 Å². The fraction of sp³-hybridized carbons (Fsp3) is 0.467. The molecule has 1 N–H and O–H groups in total. The van der Waals surface area contributed by atoms with E-state index in [-0.39, 0.29) is 0 Å². The van der Waals surface area contributed by atoms with Gasteiger partial charge >= 0.3 is 0 Å². The van der Waals surface area contributed by atoms with E-state index in [9.17, 15) is 0 Å². The van der Waals surface area contributed by atoms with Gasteiger partial charge in [0.15, 0.2) is 0 Å². The molecule has 0 amide bonds. The highest BCUT2D eigenvalue weighted by molar-refractivity contribution is 7.11. The van der Waals surface area contributed by atoms with Gasteiger partial charge in [0.1, 0.15) is 10.0 Å². The van der Waals surface area contributed by atoms with Gasteiger partial charge in [-0.25, -0.2) is 0 Å². The lowest BCUT2D eigenvalue weighted by Crippen LogP contribution is -2.10. The summed E-state index contributed by atoms with van der Waals surface area (Å²) in [4.78, 5) is 0. The second kappa shape index (κ2) is 5.80. The minimum Gasteiger partial charge on any atom is -0.319 e. The Morgan fingerprint density at radius 3 is 3.11 bits per heavy atom. The molecule has 1 aromatic carbocycles. The van der Waals surface area contributed by atoms with Crippen molar-refractivity contribution in [3.8, 4) is 0 Å².